The van der Waals surface area contributed by atoms with E-state index in [2.05, 4.69) is 10.4 Å². The van der Waals surface area contributed by atoms with Crippen LogP contribution >= 0.6 is 0 Å². The average molecular weight is 226 g/mol. The Kier molecular flexibility index (Phi) is 4.16. The Labute approximate surface area is 94.8 Å². The monoisotopic (exact) mass is 226 g/mol. The third-order valence-electron chi connectivity index (χ3n) is 2.18. The first-order chi connectivity index (χ1) is 7.60. The van der Waals surface area contributed by atoms with E-state index in [-0.39, 0.29) is 12.5 Å². The molecule has 16 heavy (non-hydrogen) atoms. The predicted octanol–water partition coefficient (Wildman–Crippen LogP) is 0.769. The molecule has 0 atom stereocenters. The molecular formula is C10H18N4O2. The Morgan fingerprint density at radius 2 is 2.25 bits per heavy atom. The summed E-state index contributed by atoms with van der Waals surface area (Å²) < 4.78 is 6.54. The maximum absolute atomic E-state index is 11.2. The van der Waals surface area contributed by atoms with Crippen LogP contribution < -0.4 is 11.1 Å². The minimum Gasteiger partial charge on any atom is -0.465 e. The Hall–Kier alpha value is -1.72. The highest BCUT2D eigenvalue weighted by Crippen LogP contribution is 2.21. The summed E-state index contributed by atoms with van der Waals surface area (Å²) in [7, 11) is 0. The van der Waals surface area contributed by atoms with Gasteiger partial charge in [-0.25, -0.2) is 4.68 Å². The van der Waals surface area contributed by atoms with Gasteiger partial charge in [-0.2, -0.15) is 5.10 Å². The van der Waals surface area contributed by atoms with E-state index in [1.54, 1.807) is 11.6 Å². The van der Waals surface area contributed by atoms with E-state index >= 15 is 0 Å². The van der Waals surface area contributed by atoms with Crippen molar-refractivity contribution in [2.45, 2.75) is 27.3 Å². The lowest BCUT2D eigenvalue weighted by Crippen LogP contribution is -2.19. The minimum absolute atomic E-state index is 0.100. The topological polar surface area (TPSA) is 82.2 Å². The third-order valence-corrected chi connectivity index (χ3v) is 2.18. The number of aryl methyl sites for hydroxylation is 2. The van der Waals surface area contributed by atoms with Gasteiger partial charge in [-0.3, -0.25) is 4.79 Å². The number of nitrogens with zero attached hydrogens (tertiary/aromatic N) is 2. The maximum atomic E-state index is 11.2. The Balaban J connectivity index is 2.69. The maximum Gasteiger partial charge on any atom is 0.325 e. The highest BCUT2D eigenvalue weighted by Gasteiger charge is 2.12. The standard InChI is InChI=1S/C10H18N4O2/c1-4-14-10(9(11)7(3)13-14)12-6-8(15)16-5-2/h12H,4-6,11H2,1-3H3. The molecule has 90 valence electrons. The second-order valence-corrected chi connectivity index (χ2v) is 3.32. The van der Waals surface area contributed by atoms with Crippen LogP contribution in [0.4, 0.5) is 11.5 Å². The number of anilines is 2. The van der Waals surface area contributed by atoms with Gasteiger partial charge in [-0.05, 0) is 20.8 Å². The fraction of sp³-hybridized carbons (Fsp3) is 0.600. The van der Waals surface area contributed by atoms with E-state index in [4.69, 9.17) is 10.5 Å². The first-order valence-electron chi connectivity index (χ1n) is 5.32. The van der Waals surface area contributed by atoms with Crippen molar-refractivity contribution in [2.75, 3.05) is 24.2 Å². The summed E-state index contributed by atoms with van der Waals surface area (Å²) in [5, 5.41) is 7.17. The molecule has 0 saturated carbocycles. The number of hydrogen-bond acceptors (Lipinski definition) is 5. The Morgan fingerprint density at radius 1 is 1.56 bits per heavy atom. The number of carbonyl (C=O) groups excluding carboxylic acids is 1. The van der Waals surface area contributed by atoms with Crippen LogP contribution in [0.15, 0.2) is 0 Å². The molecule has 0 spiro atoms. The van der Waals surface area contributed by atoms with Crippen LogP contribution in [0, 0.1) is 6.92 Å². The highest BCUT2D eigenvalue weighted by molar-refractivity contribution is 5.77. The number of carbonyl (C=O) groups is 1. The van der Waals surface area contributed by atoms with Crippen molar-refractivity contribution < 1.29 is 9.53 Å². The number of hydrogen-bond donors (Lipinski definition) is 2. The van der Waals surface area contributed by atoms with E-state index in [9.17, 15) is 4.79 Å². The lowest BCUT2D eigenvalue weighted by molar-refractivity contribution is -0.140. The van der Waals surface area contributed by atoms with Crippen molar-refractivity contribution in [2.24, 2.45) is 0 Å². The Morgan fingerprint density at radius 3 is 2.81 bits per heavy atom. The molecule has 0 aliphatic heterocycles. The van der Waals surface area contributed by atoms with Gasteiger partial charge in [0, 0.05) is 6.54 Å². The van der Waals surface area contributed by atoms with E-state index in [1.165, 1.54) is 0 Å². The lowest BCUT2D eigenvalue weighted by atomic mass is 10.4. The summed E-state index contributed by atoms with van der Waals surface area (Å²) >= 11 is 0. The van der Waals surface area contributed by atoms with Crippen molar-refractivity contribution in [3.05, 3.63) is 5.69 Å². The minimum atomic E-state index is -0.302. The summed E-state index contributed by atoms with van der Waals surface area (Å²) in [4.78, 5) is 11.2. The number of nitrogens with one attached hydrogen (secondary N) is 1. The molecule has 1 rings (SSSR count). The van der Waals surface area contributed by atoms with Gasteiger partial charge in [0.15, 0.2) is 0 Å². The zero-order valence-electron chi connectivity index (χ0n) is 9.91. The Bertz CT molecular complexity index is 373. The number of ether oxygens (including phenoxy) is 1. The zero-order chi connectivity index (χ0) is 12.1. The molecule has 0 radical (unpaired) electrons. The van der Waals surface area contributed by atoms with Gasteiger partial charge in [0.25, 0.3) is 0 Å². The number of esters is 1. The first-order valence-corrected chi connectivity index (χ1v) is 5.32. The van der Waals surface area contributed by atoms with Crippen LogP contribution in [-0.4, -0.2) is 28.9 Å². The van der Waals surface area contributed by atoms with Crippen molar-refractivity contribution in [1.29, 1.82) is 0 Å². The van der Waals surface area contributed by atoms with E-state index in [0.29, 0.717) is 24.7 Å². The second-order valence-electron chi connectivity index (χ2n) is 3.32. The van der Waals surface area contributed by atoms with E-state index in [0.717, 1.165) is 5.69 Å². The van der Waals surface area contributed by atoms with Crippen LogP contribution in [0.5, 0.6) is 0 Å². The fourth-order valence-electron chi connectivity index (χ4n) is 1.38. The molecule has 0 aliphatic carbocycles. The van der Waals surface area contributed by atoms with Crippen molar-refractivity contribution >= 4 is 17.5 Å². The lowest BCUT2D eigenvalue weighted by Gasteiger charge is -2.08. The summed E-state index contributed by atoms with van der Waals surface area (Å²) in [6.07, 6.45) is 0. The van der Waals surface area contributed by atoms with E-state index < -0.39 is 0 Å². The van der Waals surface area contributed by atoms with Crippen LogP contribution in [0.25, 0.3) is 0 Å². The molecule has 3 N–H and O–H groups in total. The van der Waals surface area contributed by atoms with Gasteiger partial charge < -0.3 is 15.8 Å². The largest absolute Gasteiger partial charge is 0.465 e. The molecule has 6 nitrogen and oxygen atoms in total. The summed E-state index contributed by atoms with van der Waals surface area (Å²) in [5.41, 5.74) is 7.17. The molecule has 1 heterocycles. The third kappa shape index (κ3) is 2.65. The molecule has 0 bridgehead atoms. The van der Waals surface area contributed by atoms with Crippen LogP contribution in [0.2, 0.25) is 0 Å². The summed E-state index contributed by atoms with van der Waals surface area (Å²) in [6, 6.07) is 0. The van der Waals surface area contributed by atoms with Gasteiger partial charge in [0.2, 0.25) is 0 Å². The zero-order valence-corrected chi connectivity index (χ0v) is 9.91. The molecule has 6 heteroatoms. The number of aromatic nitrogens is 2. The number of rotatable bonds is 5. The molecule has 0 fully saturated rings. The van der Waals surface area contributed by atoms with Crippen molar-refractivity contribution in [1.82, 2.24) is 9.78 Å². The molecule has 0 saturated heterocycles. The second kappa shape index (κ2) is 5.39. The van der Waals surface area contributed by atoms with Gasteiger partial charge >= 0.3 is 5.97 Å². The van der Waals surface area contributed by atoms with Crippen LogP contribution in [0.1, 0.15) is 19.5 Å². The molecule has 0 amide bonds. The number of nitrogen functional groups attached to an aromatic ring is 1. The van der Waals surface area contributed by atoms with E-state index in [1.807, 2.05) is 13.8 Å². The molecule has 0 aromatic carbocycles. The van der Waals surface area contributed by atoms with Crippen LogP contribution in [-0.2, 0) is 16.1 Å². The van der Waals surface area contributed by atoms with Gasteiger partial charge in [-0.1, -0.05) is 0 Å². The van der Waals surface area contributed by atoms with Gasteiger partial charge in [0.05, 0.1) is 18.0 Å². The number of nitrogens with two attached hydrogens (primary N) is 1. The summed E-state index contributed by atoms with van der Waals surface area (Å²) in [5.74, 6) is 0.372. The molecule has 0 aliphatic rings. The smallest absolute Gasteiger partial charge is 0.325 e. The molecular weight excluding hydrogens is 208 g/mol. The quantitative estimate of drug-likeness (QED) is 0.725. The SMILES string of the molecule is CCOC(=O)CNc1c(N)c(C)nn1CC. The molecule has 1 aromatic heterocycles. The first kappa shape index (κ1) is 12.4. The van der Waals surface area contributed by atoms with Crippen molar-refractivity contribution in [3.63, 3.8) is 0 Å². The highest BCUT2D eigenvalue weighted by atomic mass is 16.5. The van der Waals surface area contributed by atoms with Crippen LogP contribution in [0.3, 0.4) is 0 Å². The normalized spacial score (nSPS) is 10.2. The molecule has 0 unspecified atom stereocenters. The van der Waals surface area contributed by atoms with Gasteiger partial charge in [-0.15, -0.1) is 0 Å². The fourth-order valence-corrected chi connectivity index (χ4v) is 1.38. The predicted molar refractivity (Wildman–Crippen MR) is 62.2 cm³/mol. The van der Waals surface area contributed by atoms with Gasteiger partial charge in [0.1, 0.15) is 12.4 Å². The average Bonchev–Trinajstić information content (AvgIpc) is 2.53. The summed E-state index contributed by atoms with van der Waals surface area (Å²) in [6.45, 7) is 6.74. The molecule has 1 aromatic rings. The van der Waals surface area contributed by atoms with Crippen molar-refractivity contribution in [3.8, 4) is 0 Å².